The number of furan rings is 3. The van der Waals surface area contributed by atoms with Crippen molar-refractivity contribution in [1.82, 2.24) is 0 Å². The van der Waals surface area contributed by atoms with Crippen molar-refractivity contribution in [3.8, 4) is 17.2 Å². The Labute approximate surface area is 165 Å². The summed E-state index contributed by atoms with van der Waals surface area (Å²) in [6.07, 6.45) is 4.06. The minimum absolute atomic E-state index is 0.0757. The first kappa shape index (κ1) is 19.6. The van der Waals surface area contributed by atoms with Crippen molar-refractivity contribution in [2.24, 2.45) is 0 Å². The van der Waals surface area contributed by atoms with Crippen molar-refractivity contribution in [3.05, 3.63) is 54.3 Å². The zero-order chi connectivity index (χ0) is 20.3. The van der Waals surface area contributed by atoms with Gasteiger partial charge in [0.2, 0.25) is 0 Å². The summed E-state index contributed by atoms with van der Waals surface area (Å²) in [5, 5.41) is 0. The first-order valence-electron chi connectivity index (χ1n) is 8.18. The molecule has 28 heavy (non-hydrogen) atoms. The molecule has 3 rings (SSSR count). The SMILES string of the molecule is CC(=[OH+])c1occc1[O][Ga]([O]c1ccoc1C(C)=[OH+])[O]c1ccoc1C(C)=[OH+]. The minimum atomic E-state index is -3.65. The van der Waals surface area contributed by atoms with Gasteiger partial charge in [-0.05, 0) is 0 Å². The predicted molar refractivity (Wildman–Crippen MR) is 98.9 cm³/mol. The normalized spacial score (nSPS) is 10.4. The zero-order valence-electron chi connectivity index (χ0n) is 15.3. The molecule has 144 valence electrons. The van der Waals surface area contributed by atoms with Crippen molar-refractivity contribution >= 4 is 34.7 Å². The van der Waals surface area contributed by atoms with Gasteiger partial charge in [-0.2, -0.15) is 0 Å². The molecule has 0 amide bonds. The van der Waals surface area contributed by atoms with Crippen LogP contribution in [-0.2, 0) is 0 Å². The van der Waals surface area contributed by atoms with Crippen LogP contribution < -0.4 is 10.6 Å². The van der Waals surface area contributed by atoms with E-state index in [4.69, 9.17) is 23.8 Å². The van der Waals surface area contributed by atoms with Crippen LogP contribution in [0.5, 0.6) is 17.2 Å². The third-order valence-corrected chi connectivity index (χ3v) is 6.35. The van der Waals surface area contributed by atoms with Crippen LogP contribution in [0, 0.1) is 0 Å². The number of hydrogen-bond donors (Lipinski definition) is 0. The molecule has 0 radical (unpaired) electrons. The molecular formula is C18H18GaO9+3. The second-order valence-corrected chi connectivity index (χ2v) is 8.44. The Kier molecular flexibility index (Phi) is 5.80. The number of hydrogen-bond acceptors (Lipinski definition) is 6. The third-order valence-electron chi connectivity index (χ3n) is 3.54. The molecule has 0 saturated heterocycles. The topological polar surface area (TPSA) is 131 Å². The van der Waals surface area contributed by atoms with E-state index in [1.54, 1.807) is 0 Å². The van der Waals surface area contributed by atoms with Gasteiger partial charge in [0.25, 0.3) is 0 Å². The number of carbonyl (C=O) groups excluding carboxylic acids is 3. The second kappa shape index (κ2) is 8.27. The van der Waals surface area contributed by atoms with Crippen LogP contribution >= 0.6 is 0 Å². The van der Waals surface area contributed by atoms with Gasteiger partial charge in [0, 0.05) is 0 Å². The van der Waals surface area contributed by atoms with E-state index in [1.807, 2.05) is 0 Å². The molecule has 10 heteroatoms. The third kappa shape index (κ3) is 4.23. The van der Waals surface area contributed by atoms with Crippen LogP contribution in [0.2, 0.25) is 0 Å². The van der Waals surface area contributed by atoms with E-state index in [0.717, 1.165) is 0 Å². The molecule has 0 spiro atoms. The zero-order valence-corrected chi connectivity index (χ0v) is 17.8. The molecule has 0 aliphatic carbocycles. The van der Waals surface area contributed by atoms with Crippen molar-refractivity contribution in [2.45, 2.75) is 20.8 Å². The summed E-state index contributed by atoms with van der Waals surface area (Å²) in [4.78, 5) is 29.2. The van der Waals surface area contributed by atoms with Gasteiger partial charge >= 0.3 is 165 Å². The first-order valence-corrected chi connectivity index (χ1v) is 11.1. The van der Waals surface area contributed by atoms with Crippen LogP contribution in [-0.4, -0.2) is 49.0 Å². The van der Waals surface area contributed by atoms with Gasteiger partial charge in [-0.3, -0.25) is 0 Å². The van der Waals surface area contributed by atoms with E-state index in [9.17, 15) is 14.4 Å². The monoisotopic (exact) mass is 447 g/mol. The summed E-state index contributed by atoms with van der Waals surface area (Å²) in [6.45, 7) is 4.35. The van der Waals surface area contributed by atoms with E-state index >= 15 is 0 Å². The first-order chi connectivity index (χ1) is 13.4. The van der Waals surface area contributed by atoms with Crippen molar-refractivity contribution in [2.75, 3.05) is 0 Å². The van der Waals surface area contributed by atoms with E-state index < -0.39 is 17.3 Å². The molecule has 3 N–H and O–H groups in total. The van der Waals surface area contributed by atoms with Gasteiger partial charge < -0.3 is 0 Å². The average molecular weight is 448 g/mol. The molecule has 0 saturated carbocycles. The van der Waals surface area contributed by atoms with E-state index in [-0.39, 0.29) is 51.9 Å². The molecule has 3 aromatic heterocycles. The van der Waals surface area contributed by atoms with Crippen molar-refractivity contribution < 1.29 is 38.2 Å². The Morgan fingerprint density at radius 1 is 0.643 bits per heavy atom. The molecule has 3 aromatic rings. The van der Waals surface area contributed by atoms with Crippen LogP contribution in [0.4, 0.5) is 0 Å². The Morgan fingerprint density at radius 3 is 1.18 bits per heavy atom. The average Bonchev–Trinajstić information content (AvgIpc) is 3.34. The van der Waals surface area contributed by atoms with Gasteiger partial charge in [-0.25, -0.2) is 0 Å². The summed E-state index contributed by atoms with van der Waals surface area (Å²) < 4.78 is 33.2. The molecule has 3 heterocycles. The van der Waals surface area contributed by atoms with Crippen LogP contribution in [0.25, 0.3) is 0 Å². The van der Waals surface area contributed by atoms with Crippen LogP contribution in [0.3, 0.4) is 0 Å². The maximum atomic E-state index is 9.73. The Morgan fingerprint density at radius 2 is 0.929 bits per heavy atom. The van der Waals surface area contributed by atoms with Gasteiger partial charge in [0.1, 0.15) is 0 Å². The molecule has 0 aliphatic heterocycles. The van der Waals surface area contributed by atoms with Gasteiger partial charge in [0.05, 0.1) is 0 Å². The van der Waals surface area contributed by atoms with Crippen LogP contribution in [0.1, 0.15) is 38.1 Å². The molecule has 0 atom stereocenters. The van der Waals surface area contributed by atoms with E-state index in [1.165, 1.54) is 57.8 Å². The second-order valence-electron chi connectivity index (χ2n) is 5.74. The summed E-state index contributed by atoms with van der Waals surface area (Å²) in [5.41, 5.74) is 0. The van der Waals surface area contributed by atoms with Gasteiger partial charge in [-0.15, -0.1) is 0 Å². The summed E-state index contributed by atoms with van der Waals surface area (Å²) >= 11 is -3.65. The molecule has 0 unspecified atom stereocenters. The summed E-state index contributed by atoms with van der Waals surface area (Å²) in [7, 11) is 0. The number of rotatable bonds is 9. The van der Waals surface area contributed by atoms with Gasteiger partial charge in [-0.1, -0.05) is 0 Å². The Bertz CT molecular complexity index is 881. The molecule has 9 nitrogen and oxygen atoms in total. The van der Waals surface area contributed by atoms with E-state index in [0.29, 0.717) is 0 Å². The Balaban J connectivity index is 1.91. The van der Waals surface area contributed by atoms with Crippen LogP contribution in [0.15, 0.2) is 50.2 Å². The summed E-state index contributed by atoms with van der Waals surface area (Å²) in [6, 6.07) is 4.54. The molecular weight excluding hydrogens is 430 g/mol. The van der Waals surface area contributed by atoms with Crippen molar-refractivity contribution in [1.29, 1.82) is 0 Å². The molecule has 0 fully saturated rings. The fourth-order valence-electron chi connectivity index (χ4n) is 2.35. The molecule has 0 aliphatic rings. The molecule has 0 bridgehead atoms. The van der Waals surface area contributed by atoms with Crippen molar-refractivity contribution in [3.63, 3.8) is 0 Å². The fourth-order valence-corrected chi connectivity index (χ4v) is 5.12. The van der Waals surface area contributed by atoms with E-state index in [2.05, 4.69) is 0 Å². The number of ketones is 3. The maximum absolute atomic E-state index is 9.73. The Hall–Kier alpha value is -3.11. The quantitative estimate of drug-likeness (QED) is 0.281. The predicted octanol–water partition coefficient (Wildman–Crippen LogP) is 2.73. The van der Waals surface area contributed by atoms with Gasteiger partial charge in [0.15, 0.2) is 0 Å². The fraction of sp³-hybridized carbons (Fsp3) is 0.167. The standard InChI is InChI=1S/3C6H6O3.Ga/c3*1-4(7)6-5(8)2-3-9-6;/h3*2-3,8H,1H3;/q;;;+3. The molecule has 0 aromatic carbocycles. The summed E-state index contributed by atoms with van der Waals surface area (Å²) in [5.74, 6) is 0.875.